The molecule has 6 nitrogen and oxygen atoms in total. The van der Waals surface area contributed by atoms with Crippen molar-refractivity contribution in [2.75, 3.05) is 6.61 Å². The van der Waals surface area contributed by atoms with E-state index in [1.165, 1.54) is 6.21 Å². The Morgan fingerprint density at radius 3 is 2.65 bits per heavy atom. The van der Waals surface area contributed by atoms with Gasteiger partial charge in [-0.05, 0) is 23.8 Å². The summed E-state index contributed by atoms with van der Waals surface area (Å²) in [6.07, 6.45) is 3.04. The molecule has 0 saturated carbocycles. The zero-order chi connectivity index (χ0) is 18.8. The van der Waals surface area contributed by atoms with E-state index in [0.29, 0.717) is 17.9 Å². The third kappa shape index (κ3) is 6.18. The Hall–Kier alpha value is -2.93. The number of hydrazone groups is 1. The number of rotatable bonds is 7. The van der Waals surface area contributed by atoms with Crippen LogP contribution in [0.25, 0.3) is 0 Å². The number of ether oxygens (including phenoxy) is 1. The molecule has 0 aliphatic rings. The Bertz CT molecular complexity index is 807. The molecular formula is C19H18BrN3O3. The third-order valence-corrected chi connectivity index (χ3v) is 3.69. The lowest BCUT2D eigenvalue weighted by atomic mass is 10.2. The summed E-state index contributed by atoms with van der Waals surface area (Å²) >= 11 is 3.36. The SMILES string of the molecule is C=CCOc1ccc(Br)cc1/C=N\NC(=O)C(=O)NCc1ccccc1. The van der Waals surface area contributed by atoms with Crippen LogP contribution in [-0.4, -0.2) is 24.6 Å². The van der Waals surface area contributed by atoms with Crippen molar-refractivity contribution in [2.45, 2.75) is 6.54 Å². The number of carbonyl (C=O) groups is 2. The van der Waals surface area contributed by atoms with Crippen LogP contribution in [0.5, 0.6) is 5.75 Å². The normalized spacial score (nSPS) is 10.3. The summed E-state index contributed by atoms with van der Waals surface area (Å²) in [6.45, 7) is 4.21. The van der Waals surface area contributed by atoms with Gasteiger partial charge in [-0.3, -0.25) is 9.59 Å². The van der Waals surface area contributed by atoms with Crippen LogP contribution in [0.2, 0.25) is 0 Å². The first kappa shape index (κ1) is 19.4. The lowest BCUT2D eigenvalue weighted by molar-refractivity contribution is -0.139. The average molecular weight is 416 g/mol. The second kappa shape index (κ2) is 10.1. The summed E-state index contributed by atoms with van der Waals surface area (Å²) in [5.41, 5.74) is 3.74. The van der Waals surface area contributed by atoms with Crippen LogP contribution in [0, 0.1) is 0 Å². The van der Waals surface area contributed by atoms with Crippen molar-refractivity contribution in [2.24, 2.45) is 5.10 Å². The van der Waals surface area contributed by atoms with Crippen molar-refractivity contribution in [1.29, 1.82) is 0 Å². The number of amides is 2. The van der Waals surface area contributed by atoms with Crippen LogP contribution in [0.15, 0.2) is 70.8 Å². The first-order valence-corrected chi connectivity index (χ1v) is 8.58. The molecule has 2 aromatic carbocycles. The molecule has 7 heteroatoms. The first-order chi connectivity index (χ1) is 12.6. The van der Waals surface area contributed by atoms with Gasteiger partial charge in [-0.2, -0.15) is 5.10 Å². The van der Waals surface area contributed by atoms with Gasteiger partial charge in [0.15, 0.2) is 0 Å². The fourth-order valence-corrected chi connectivity index (χ4v) is 2.35. The number of nitrogens with one attached hydrogen (secondary N) is 2. The largest absolute Gasteiger partial charge is 0.489 e. The Morgan fingerprint density at radius 1 is 1.15 bits per heavy atom. The van der Waals surface area contributed by atoms with Gasteiger partial charge in [0.05, 0.1) is 6.21 Å². The molecule has 134 valence electrons. The summed E-state index contributed by atoms with van der Waals surface area (Å²) < 4.78 is 6.34. The van der Waals surface area contributed by atoms with Gasteiger partial charge in [0.25, 0.3) is 0 Å². The molecule has 0 aliphatic carbocycles. The molecular weight excluding hydrogens is 398 g/mol. The summed E-state index contributed by atoms with van der Waals surface area (Å²) in [4.78, 5) is 23.6. The Morgan fingerprint density at radius 2 is 1.92 bits per heavy atom. The summed E-state index contributed by atoms with van der Waals surface area (Å²) in [5, 5.41) is 6.34. The van der Waals surface area contributed by atoms with Gasteiger partial charge in [0.1, 0.15) is 12.4 Å². The number of benzene rings is 2. The number of carbonyl (C=O) groups excluding carboxylic acids is 2. The van der Waals surface area contributed by atoms with E-state index in [0.717, 1.165) is 10.0 Å². The second-order valence-electron chi connectivity index (χ2n) is 5.15. The standard InChI is InChI=1S/C19H18BrN3O3/c1-2-10-26-17-9-8-16(20)11-15(17)13-22-23-19(25)18(24)21-12-14-6-4-3-5-7-14/h2-9,11,13H,1,10,12H2,(H,21,24)(H,23,25)/b22-13-. The molecule has 2 rings (SSSR count). The van der Waals surface area contributed by atoms with Crippen molar-refractivity contribution in [3.8, 4) is 5.75 Å². The van der Waals surface area contributed by atoms with E-state index in [-0.39, 0.29) is 6.54 Å². The summed E-state index contributed by atoms with van der Waals surface area (Å²) in [5.74, 6) is -1.02. The molecule has 2 aromatic rings. The molecule has 0 heterocycles. The predicted molar refractivity (Wildman–Crippen MR) is 104 cm³/mol. The first-order valence-electron chi connectivity index (χ1n) is 7.78. The molecule has 0 bridgehead atoms. The molecule has 0 spiro atoms. The van der Waals surface area contributed by atoms with Crippen molar-refractivity contribution < 1.29 is 14.3 Å². The quantitative estimate of drug-likeness (QED) is 0.315. The van der Waals surface area contributed by atoms with Crippen molar-refractivity contribution in [3.63, 3.8) is 0 Å². The van der Waals surface area contributed by atoms with Crippen LogP contribution in [0.4, 0.5) is 0 Å². The number of nitrogens with zero attached hydrogens (tertiary/aromatic N) is 1. The highest BCUT2D eigenvalue weighted by Gasteiger charge is 2.12. The van der Waals surface area contributed by atoms with E-state index in [2.05, 4.69) is 38.4 Å². The number of hydrogen-bond acceptors (Lipinski definition) is 4. The van der Waals surface area contributed by atoms with Gasteiger partial charge in [0.2, 0.25) is 0 Å². The fourth-order valence-electron chi connectivity index (χ4n) is 1.97. The second-order valence-corrected chi connectivity index (χ2v) is 6.06. The van der Waals surface area contributed by atoms with Gasteiger partial charge in [-0.25, -0.2) is 5.43 Å². The van der Waals surface area contributed by atoms with E-state index in [1.807, 2.05) is 36.4 Å². The zero-order valence-electron chi connectivity index (χ0n) is 13.9. The van der Waals surface area contributed by atoms with E-state index >= 15 is 0 Å². The van der Waals surface area contributed by atoms with Crippen molar-refractivity contribution in [1.82, 2.24) is 10.7 Å². The van der Waals surface area contributed by atoms with E-state index < -0.39 is 11.8 Å². The van der Waals surface area contributed by atoms with Crippen molar-refractivity contribution in [3.05, 3.63) is 76.8 Å². The number of halogens is 1. The van der Waals surface area contributed by atoms with Crippen LogP contribution in [-0.2, 0) is 16.1 Å². The molecule has 0 fully saturated rings. The van der Waals surface area contributed by atoms with Crippen molar-refractivity contribution >= 4 is 34.0 Å². The fraction of sp³-hybridized carbons (Fsp3) is 0.105. The predicted octanol–water partition coefficient (Wildman–Crippen LogP) is 2.78. The molecule has 2 amide bonds. The molecule has 26 heavy (non-hydrogen) atoms. The minimum Gasteiger partial charge on any atom is -0.489 e. The minimum atomic E-state index is -0.847. The van der Waals surface area contributed by atoms with Gasteiger partial charge in [-0.1, -0.05) is 58.9 Å². The molecule has 0 saturated heterocycles. The van der Waals surface area contributed by atoms with Gasteiger partial charge in [-0.15, -0.1) is 0 Å². The van der Waals surface area contributed by atoms with Gasteiger partial charge in [0, 0.05) is 16.6 Å². The summed E-state index contributed by atoms with van der Waals surface area (Å²) in [6, 6.07) is 14.7. The maximum Gasteiger partial charge on any atom is 0.329 e. The maximum absolute atomic E-state index is 11.8. The van der Waals surface area contributed by atoms with Crippen LogP contribution in [0.1, 0.15) is 11.1 Å². The zero-order valence-corrected chi connectivity index (χ0v) is 15.5. The van der Waals surface area contributed by atoms with Gasteiger partial charge < -0.3 is 10.1 Å². The summed E-state index contributed by atoms with van der Waals surface area (Å²) in [7, 11) is 0. The average Bonchev–Trinajstić information content (AvgIpc) is 2.66. The minimum absolute atomic E-state index is 0.266. The Kier molecular flexibility index (Phi) is 7.57. The smallest absolute Gasteiger partial charge is 0.329 e. The molecule has 0 atom stereocenters. The van der Waals surface area contributed by atoms with E-state index in [1.54, 1.807) is 18.2 Å². The Balaban J connectivity index is 1.90. The third-order valence-electron chi connectivity index (χ3n) is 3.20. The Labute approximate surface area is 160 Å². The van der Waals surface area contributed by atoms with E-state index in [9.17, 15) is 9.59 Å². The van der Waals surface area contributed by atoms with Crippen LogP contribution < -0.4 is 15.5 Å². The lowest BCUT2D eigenvalue weighted by Crippen LogP contribution is -2.37. The van der Waals surface area contributed by atoms with Gasteiger partial charge >= 0.3 is 11.8 Å². The monoisotopic (exact) mass is 415 g/mol. The highest BCUT2D eigenvalue weighted by atomic mass is 79.9. The maximum atomic E-state index is 11.8. The molecule has 0 unspecified atom stereocenters. The van der Waals surface area contributed by atoms with Crippen LogP contribution in [0.3, 0.4) is 0 Å². The number of hydrogen-bond donors (Lipinski definition) is 2. The molecule has 0 radical (unpaired) electrons. The lowest BCUT2D eigenvalue weighted by Gasteiger charge is -2.07. The molecule has 0 aliphatic heterocycles. The highest BCUT2D eigenvalue weighted by molar-refractivity contribution is 9.10. The molecule has 0 aromatic heterocycles. The topological polar surface area (TPSA) is 79.8 Å². The van der Waals surface area contributed by atoms with Crippen LogP contribution >= 0.6 is 15.9 Å². The van der Waals surface area contributed by atoms with E-state index in [4.69, 9.17) is 4.74 Å². The highest BCUT2D eigenvalue weighted by Crippen LogP contribution is 2.21. The molecule has 2 N–H and O–H groups in total.